The number of fused-ring (bicyclic) bond motifs is 4. The zero-order valence-corrected chi connectivity index (χ0v) is 16.1. The van der Waals surface area contributed by atoms with Gasteiger partial charge in [-0.3, -0.25) is 4.98 Å². The highest BCUT2D eigenvalue weighted by atomic mass is 16.3. The summed E-state index contributed by atoms with van der Waals surface area (Å²) in [6.07, 6.45) is 6.30. The molecule has 1 aliphatic rings. The van der Waals surface area contributed by atoms with Crippen molar-refractivity contribution in [3.63, 3.8) is 0 Å². The second-order valence-electron chi connectivity index (χ2n) is 8.11. The van der Waals surface area contributed by atoms with Crippen LogP contribution in [0, 0.1) is 0 Å². The molecule has 2 aromatic carbocycles. The second-order valence-corrected chi connectivity index (χ2v) is 8.11. The maximum absolute atomic E-state index is 6.70. The molecule has 2 radical (unpaired) electrons. The number of furan rings is 1. The van der Waals surface area contributed by atoms with Crippen LogP contribution in [0.2, 0.25) is 0 Å². The summed E-state index contributed by atoms with van der Waals surface area (Å²) in [4.78, 5) is 9.39. The Bertz CT molecular complexity index is 1380. The normalized spacial score (nSPS) is 16.1. The van der Waals surface area contributed by atoms with E-state index < -0.39 is 0 Å². The number of aromatic nitrogens is 2. The molecular formula is C25H19BN2O. The zero-order valence-electron chi connectivity index (χ0n) is 16.1. The lowest BCUT2D eigenvalue weighted by atomic mass is 9.63. The molecule has 1 saturated carbocycles. The number of hydrogen-bond acceptors (Lipinski definition) is 3. The molecule has 3 aromatic heterocycles. The number of pyridine rings is 2. The molecule has 0 aliphatic heterocycles. The highest BCUT2D eigenvalue weighted by Crippen LogP contribution is 2.40. The van der Waals surface area contributed by atoms with E-state index in [9.17, 15) is 0 Å². The summed E-state index contributed by atoms with van der Waals surface area (Å²) in [7, 11) is 6.70. The SMILES string of the molecule is [B]C1(c2ccnc(-c3cccc4c3oc3nc5ccccc5cc34)c2)CCCC1. The fraction of sp³-hybridized carbons (Fsp3) is 0.200. The van der Waals surface area contributed by atoms with E-state index in [-0.39, 0.29) is 5.31 Å². The highest BCUT2D eigenvalue weighted by Gasteiger charge is 2.30. The number of para-hydroxylation sites is 2. The van der Waals surface area contributed by atoms with Gasteiger partial charge in [0.25, 0.3) is 0 Å². The Balaban J connectivity index is 1.57. The summed E-state index contributed by atoms with van der Waals surface area (Å²) in [5, 5.41) is 2.97. The third-order valence-electron chi connectivity index (χ3n) is 6.30. The Morgan fingerprint density at radius 3 is 2.66 bits per heavy atom. The fourth-order valence-corrected chi connectivity index (χ4v) is 4.71. The molecule has 5 aromatic rings. The Morgan fingerprint density at radius 1 is 0.897 bits per heavy atom. The molecule has 0 spiro atoms. The van der Waals surface area contributed by atoms with Gasteiger partial charge in [0.1, 0.15) is 5.58 Å². The molecule has 0 bridgehead atoms. The van der Waals surface area contributed by atoms with Gasteiger partial charge < -0.3 is 4.42 Å². The molecular weight excluding hydrogens is 355 g/mol. The van der Waals surface area contributed by atoms with E-state index in [2.05, 4.69) is 47.4 Å². The molecule has 3 nitrogen and oxygen atoms in total. The number of nitrogens with zero attached hydrogens (tertiary/aromatic N) is 2. The van der Waals surface area contributed by atoms with Gasteiger partial charge in [-0.1, -0.05) is 56.0 Å². The van der Waals surface area contributed by atoms with Crippen LogP contribution in [0.1, 0.15) is 31.2 Å². The lowest BCUT2D eigenvalue weighted by Gasteiger charge is -2.25. The molecule has 3 heterocycles. The summed E-state index contributed by atoms with van der Waals surface area (Å²) in [6, 6.07) is 20.7. The predicted octanol–water partition coefficient (Wildman–Crippen LogP) is 6.13. The van der Waals surface area contributed by atoms with Crippen LogP contribution in [0.15, 0.2) is 71.3 Å². The Labute approximate surface area is 170 Å². The summed E-state index contributed by atoms with van der Waals surface area (Å²) < 4.78 is 6.25. The van der Waals surface area contributed by atoms with Crippen LogP contribution < -0.4 is 0 Å². The lowest BCUT2D eigenvalue weighted by Crippen LogP contribution is -2.21. The smallest absolute Gasteiger partial charge is 0.227 e. The van der Waals surface area contributed by atoms with Crippen molar-refractivity contribution < 1.29 is 4.42 Å². The molecule has 4 heteroatoms. The largest absolute Gasteiger partial charge is 0.437 e. The first kappa shape index (κ1) is 16.8. The lowest BCUT2D eigenvalue weighted by molar-refractivity contribution is 0.634. The van der Waals surface area contributed by atoms with Crippen molar-refractivity contribution in [3.8, 4) is 11.3 Å². The minimum atomic E-state index is -0.237. The van der Waals surface area contributed by atoms with E-state index in [4.69, 9.17) is 17.2 Å². The maximum Gasteiger partial charge on any atom is 0.227 e. The van der Waals surface area contributed by atoms with Crippen LogP contribution in [0.4, 0.5) is 0 Å². The molecule has 0 N–H and O–H groups in total. The average Bonchev–Trinajstić information content (AvgIpc) is 3.36. The third-order valence-corrected chi connectivity index (χ3v) is 6.30. The number of benzene rings is 2. The summed E-state index contributed by atoms with van der Waals surface area (Å²) in [5.41, 5.74) is 5.46. The summed E-state index contributed by atoms with van der Waals surface area (Å²) >= 11 is 0. The molecule has 0 atom stereocenters. The minimum Gasteiger partial charge on any atom is -0.437 e. The van der Waals surface area contributed by atoms with Crippen LogP contribution in [-0.2, 0) is 5.31 Å². The van der Waals surface area contributed by atoms with Crippen molar-refractivity contribution in [1.82, 2.24) is 9.97 Å². The fourth-order valence-electron chi connectivity index (χ4n) is 4.71. The molecule has 1 aliphatic carbocycles. The molecule has 1 fully saturated rings. The first-order chi connectivity index (χ1) is 14.2. The molecule has 0 saturated heterocycles. The van der Waals surface area contributed by atoms with E-state index in [0.29, 0.717) is 5.71 Å². The van der Waals surface area contributed by atoms with Gasteiger partial charge in [-0.15, -0.1) is 0 Å². The van der Waals surface area contributed by atoms with E-state index in [0.717, 1.165) is 56.9 Å². The van der Waals surface area contributed by atoms with Gasteiger partial charge >= 0.3 is 0 Å². The van der Waals surface area contributed by atoms with Crippen LogP contribution in [0.5, 0.6) is 0 Å². The van der Waals surface area contributed by atoms with Crippen molar-refractivity contribution in [1.29, 1.82) is 0 Å². The molecule has 6 rings (SSSR count). The predicted molar refractivity (Wildman–Crippen MR) is 118 cm³/mol. The Hall–Kier alpha value is -3.14. The molecule has 0 unspecified atom stereocenters. The molecule has 0 amide bonds. The summed E-state index contributed by atoms with van der Waals surface area (Å²) in [6.45, 7) is 0. The monoisotopic (exact) mass is 374 g/mol. The maximum atomic E-state index is 6.70. The van der Waals surface area contributed by atoms with Crippen molar-refractivity contribution >= 4 is 40.8 Å². The van der Waals surface area contributed by atoms with E-state index in [1.807, 2.05) is 24.4 Å². The van der Waals surface area contributed by atoms with Gasteiger partial charge in [0.05, 0.1) is 19.1 Å². The van der Waals surface area contributed by atoms with Crippen LogP contribution in [0.3, 0.4) is 0 Å². The zero-order chi connectivity index (χ0) is 19.4. The minimum absolute atomic E-state index is 0.237. The summed E-state index contributed by atoms with van der Waals surface area (Å²) in [5.74, 6) is 0. The van der Waals surface area contributed by atoms with Gasteiger partial charge in [0.15, 0.2) is 0 Å². The van der Waals surface area contributed by atoms with E-state index >= 15 is 0 Å². The van der Waals surface area contributed by atoms with Crippen LogP contribution in [-0.4, -0.2) is 17.8 Å². The Kier molecular flexibility index (Phi) is 3.58. The van der Waals surface area contributed by atoms with Gasteiger partial charge in [-0.2, -0.15) is 0 Å². The average molecular weight is 374 g/mol. The van der Waals surface area contributed by atoms with Crippen LogP contribution >= 0.6 is 0 Å². The van der Waals surface area contributed by atoms with Crippen molar-refractivity contribution in [2.75, 3.05) is 0 Å². The second kappa shape index (κ2) is 6.18. The first-order valence-corrected chi connectivity index (χ1v) is 10.2. The van der Waals surface area contributed by atoms with E-state index in [1.165, 1.54) is 12.8 Å². The van der Waals surface area contributed by atoms with Crippen molar-refractivity contribution in [2.24, 2.45) is 0 Å². The van der Waals surface area contributed by atoms with Gasteiger partial charge in [0, 0.05) is 27.9 Å². The third kappa shape index (κ3) is 2.59. The topological polar surface area (TPSA) is 38.9 Å². The highest BCUT2D eigenvalue weighted by molar-refractivity contribution is 6.16. The molecule has 138 valence electrons. The number of rotatable bonds is 2. The van der Waals surface area contributed by atoms with Crippen molar-refractivity contribution in [3.05, 3.63) is 72.4 Å². The van der Waals surface area contributed by atoms with Crippen molar-refractivity contribution in [2.45, 2.75) is 31.0 Å². The standard InChI is InChI=1S/C25H19BN2O/c26-25(11-3-4-12-25)17-10-13-27-22(15-17)19-8-5-7-18-20-14-16-6-1-2-9-21(16)28-24(20)29-23(18)19/h1-2,5-10,13-15H,3-4,11-12H2. The number of hydrogen-bond donors (Lipinski definition) is 0. The Morgan fingerprint density at radius 2 is 1.76 bits per heavy atom. The van der Waals surface area contributed by atoms with Crippen LogP contribution in [0.25, 0.3) is 44.2 Å². The quantitative estimate of drug-likeness (QED) is 0.349. The van der Waals surface area contributed by atoms with E-state index in [1.54, 1.807) is 0 Å². The van der Waals surface area contributed by atoms with Gasteiger partial charge in [-0.05, 0) is 41.2 Å². The first-order valence-electron chi connectivity index (χ1n) is 10.2. The van der Waals surface area contributed by atoms with Gasteiger partial charge in [0.2, 0.25) is 5.71 Å². The van der Waals surface area contributed by atoms with Gasteiger partial charge in [-0.25, -0.2) is 4.98 Å². The molecule has 29 heavy (non-hydrogen) atoms.